The first-order chi connectivity index (χ1) is 17.8. The molecule has 1 saturated heterocycles. The molecule has 0 unspecified atom stereocenters. The van der Waals surface area contributed by atoms with E-state index in [1.54, 1.807) is 6.20 Å². The van der Waals surface area contributed by atoms with Gasteiger partial charge in [-0.1, -0.05) is 6.07 Å². The van der Waals surface area contributed by atoms with Gasteiger partial charge in [-0.3, -0.25) is 14.6 Å². The Balaban J connectivity index is 1.49. The molecule has 37 heavy (non-hydrogen) atoms. The van der Waals surface area contributed by atoms with E-state index < -0.39 is 46.2 Å². The van der Waals surface area contributed by atoms with E-state index in [9.17, 15) is 22.8 Å². The lowest BCUT2D eigenvalue weighted by Crippen LogP contribution is -2.36. The van der Waals surface area contributed by atoms with Crippen molar-refractivity contribution in [3.05, 3.63) is 94.7 Å². The van der Waals surface area contributed by atoms with Crippen molar-refractivity contribution in [2.45, 2.75) is 0 Å². The van der Waals surface area contributed by atoms with Crippen molar-refractivity contribution in [2.75, 3.05) is 36.5 Å². The minimum absolute atomic E-state index is 0.160. The van der Waals surface area contributed by atoms with E-state index in [2.05, 4.69) is 15.3 Å². The molecular formula is C26H18F4N4O3. The SMILES string of the molecule is O=C(Nc1cc(F)c(F)c(C(=O)c2ccc3ncc(N4CCOCC4)nc3c2)c1F)c1cccc(F)c1. The minimum Gasteiger partial charge on any atom is -0.378 e. The molecule has 0 radical (unpaired) electrons. The van der Waals surface area contributed by atoms with Gasteiger partial charge in [-0.05, 0) is 36.4 Å². The Kier molecular flexibility index (Phi) is 6.53. The quantitative estimate of drug-likeness (QED) is 0.242. The summed E-state index contributed by atoms with van der Waals surface area (Å²) in [6.45, 7) is 2.24. The summed E-state index contributed by atoms with van der Waals surface area (Å²) in [6, 6.07) is 8.98. The maximum atomic E-state index is 15.3. The summed E-state index contributed by atoms with van der Waals surface area (Å²) in [6.07, 6.45) is 1.58. The zero-order valence-electron chi connectivity index (χ0n) is 19.1. The average Bonchev–Trinajstić information content (AvgIpc) is 2.91. The highest BCUT2D eigenvalue weighted by Gasteiger charge is 2.27. The third-order valence-electron chi connectivity index (χ3n) is 5.85. The molecule has 188 valence electrons. The topological polar surface area (TPSA) is 84.4 Å². The Morgan fingerprint density at radius 1 is 0.892 bits per heavy atom. The molecule has 1 amide bonds. The van der Waals surface area contributed by atoms with Gasteiger partial charge in [0.1, 0.15) is 11.6 Å². The lowest BCUT2D eigenvalue weighted by Gasteiger charge is -2.27. The normalized spacial score (nSPS) is 13.6. The van der Waals surface area contributed by atoms with E-state index >= 15 is 4.39 Å². The first-order valence-corrected chi connectivity index (χ1v) is 11.2. The van der Waals surface area contributed by atoms with Gasteiger partial charge >= 0.3 is 0 Å². The summed E-state index contributed by atoms with van der Waals surface area (Å²) >= 11 is 0. The number of aromatic nitrogens is 2. The van der Waals surface area contributed by atoms with Gasteiger partial charge < -0.3 is 15.0 Å². The van der Waals surface area contributed by atoms with Crippen LogP contribution < -0.4 is 10.2 Å². The van der Waals surface area contributed by atoms with Crippen LogP contribution in [0.3, 0.4) is 0 Å². The molecule has 11 heteroatoms. The fourth-order valence-corrected chi connectivity index (χ4v) is 3.95. The average molecular weight is 510 g/mol. The van der Waals surface area contributed by atoms with Crippen molar-refractivity contribution < 1.29 is 31.9 Å². The van der Waals surface area contributed by atoms with Gasteiger partial charge in [0.25, 0.3) is 5.91 Å². The minimum atomic E-state index is -1.71. The van der Waals surface area contributed by atoms with Crippen LogP contribution in [0, 0.1) is 23.3 Å². The zero-order valence-corrected chi connectivity index (χ0v) is 19.1. The molecule has 1 aliphatic heterocycles. The molecule has 0 aliphatic carbocycles. The number of ether oxygens (including phenoxy) is 1. The van der Waals surface area contributed by atoms with Crippen molar-refractivity contribution in [3.8, 4) is 0 Å². The number of carbonyl (C=O) groups is 2. The summed E-state index contributed by atoms with van der Waals surface area (Å²) in [7, 11) is 0. The monoisotopic (exact) mass is 510 g/mol. The van der Waals surface area contributed by atoms with Gasteiger partial charge in [0.05, 0.1) is 41.7 Å². The summed E-state index contributed by atoms with van der Waals surface area (Å²) in [5.74, 6) is -7.03. The maximum Gasteiger partial charge on any atom is 0.255 e. The Labute approximate surface area is 207 Å². The van der Waals surface area contributed by atoms with Crippen LogP contribution in [-0.4, -0.2) is 48.0 Å². The number of carbonyl (C=O) groups excluding carboxylic acids is 2. The van der Waals surface area contributed by atoms with Gasteiger partial charge in [0.15, 0.2) is 23.2 Å². The molecule has 1 aromatic heterocycles. The van der Waals surface area contributed by atoms with E-state index in [0.29, 0.717) is 49.2 Å². The maximum absolute atomic E-state index is 15.3. The molecule has 0 bridgehead atoms. The van der Waals surface area contributed by atoms with Crippen LogP contribution in [-0.2, 0) is 4.74 Å². The zero-order chi connectivity index (χ0) is 26.1. The second kappa shape index (κ2) is 9.94. The molecule has 2 heterocycles. The van der Waals surface area contributed by atoms with Gasteiger partial charge in [-0.15, -0.1) is 0 Å². The molecule has 0 spiro atoms. The number of hydrogen-bond acceptors (Lipinski definition) is 6. The molecule has 4 aromatic rings. The fraction of sp³-hybridized carbons (Fsp3) is 0.154. The number of hydrogen-bond donors (Lipinski definition) is 1. The highest BCUT2D eigenvalue weighted by atomic mass is 19.2. The Hall–Kier alpha value is -4.38. The van der Waals surface area contributed by atoms with E-state index in [4.69, 9.17) is 4.74 Å². The van der Waals surface area contributed by atoms with E-state index in [1.165, 1.54) is 30.3 Å². The van der Waals surface area contributed by atoms with Gasteiger partial charge in [-0.25, -0.2) is 22.5 Å². The number of morpholine rings is 1. The molecule has 1 aliphatic rings. The molecule has 0 atom stereocenters. The van der Waals surface area contributed by atoms with Crippen molar-refractivity contribution in [2.24, 2.45) is 0 Å². The summed E-state index contributed by atoms with van der Waals surface area (Å²) < 4.78 is 63.1. The molecule has 1 N–H and O–H groups in total. The third-order valence-corrected chi connectivity index (χ3v) is 5.85. The van der Waals surface area contributed by atoms with Gasteiger partial charge in [-0.2, -0.15) is 0 Å². The lowest BCUT2D eigenvalue weighted by atomic mass is 10.0. The summed E-state index contributed by atoms with van der Waals surface area (Å²) in [4.78, 5) is 36.3. The molecule has 1 fully saturated rings. The number of anilines is 2. The Morgan fingerprint density at radius 2 is 1.68 bits per heavy atom. The fourth-order valence-electron chi connectivity index (χ4n) is 3.95. The lowest BCUT2D eigenvalue weighted by molar-refractivity contribution is 0.101. The first-order valence-electron chi connectivity index (χ1n) is 11.2. The van der Waals surface area contributed by atoms with Crippen LogP contribution in [0.1, 0.15) is 26.3 Å². The number of ketones is 1. The van der Waals surface area contributed by atoms with Crippen molar-refractivity contribution in [1.29, 1.82) is 0 Å². The molecule has 3 aromatic carbocycles. The predicted octanol–water partition coefficient (Wildman–Crippen LogP) is 4.51. The Morgan fingerprint density at radius 3 is 2.43 bits per heavy atom. The number of rotatable bonds is 5. The second-order valence-electron chi connectivity index (χ2n) is 8.23. The Bertz CT molecular complexity index is 1540. The molecular weight excluding hydrogens is 492 g/mol. The van der Waals surface area contributed by atoms with Crippen LogP contribution in [0.25, 0.3) is 11.0 Å². The smallest absolute Gasteiger partial charge is 0.255 e. The van der Waals surface area contributed by atoms with E-state index in [1.807, 2.05) is 4.90 Å². The summed E-state index contributed by atoms with van der Waals surface area (Å²) in [5, 5.41) is 2.06. The van der Waals surface area contributed by atoms with Crippen LogP contribution in [0.4, 0.5) is 29.1 Å². The van der Waals surface area contributed by atoms with Crippen LogP contribution in [0.15, 0.2) is 54.7 Å². The van der Waals surface area contributed by atoms with Crippen LogP contribution in [0.2, 0.25) is 0 Å². The number of amides is 1. The highest BCUT2D eigenvalue weighted by molar-refractivity contribution is 6.12. The van der Waals surface area contributed by atoms with E-state index in [-0.39, 0.29) is 11.1 Å². The third kappa shape index (κ3) is 4.85. The number of nitrogens with one attached hydrogen (secondary N) is 1. The summed E-state index contributed by atoms with van der Waals surface area (Å²) in [5.41, 5.74) is -1.56. The number of benzene rings is 3. The van der Waals surface area contributed by atoms with E-state index in [0.717, 1.165) is 12.1 Å². The largest absolute Gasteiger partial charge is 0.378 e. The van der Waals surface area contributed by atoms with Crippen molar-refractivity contribution >= 4 is 34.2 Å². The van der Waals surface area contributed by atoms with Gasteiger partial charge in [0, 0.05) is 30.3 Å². The highest BCUT2D eigenvalue weighted by Crippen LogP contribution is 2.28. The molecule has 0 saturated carbocycles. The molecule has 5 rings (SSSR count). The number of halogens is 4. The first kappa shape index (κ1) is 24.3. The number of fused-ring (bicyclic) bond motifs is 1. The van der Waals surface area contributed by atoms with Crippen LogP contribution >= 0.6 is 0 Å². The second-order valence-corrected chi connectivity index (χ2v) is 8.23. The standard InChI is InChI=1S/C26H18F4N4O3/c27-16-3-1-2-15(10-16)26(36)33-20-12-17(28)23(29)22(24(20)30)25(35)14-4-5-18-19(11-14)32-21(13-31-18)34-6-8-37-9-7-34/h1-5,10-13H,6-9H2,(H,33,36). The number of nitrogens with zero attached hydrogens (tertiary/aromatic N) is 3. The molecule has 7 nitrogen and oxygen atoms in total. The van der Waals surface area contributed by atoms with Crippen molar-refractivity contribution in [3.63, 3.8) is 0 Å². The predicted molar refractivity (Wildman–Crippen MR) is 127 cm³/mol. The van der Waals surface area contributed by atoms with Gasteiger partial charge in [0.2, 0.25) is 0 Å². The van der Waals surface area contributed by atoms with Crippen LogP contribution in [0.5, 0.6) is 0 Å². The van der Waals surface area contributed by atoms with Crippen molar-refractivity contribution in [1.82, 2.24) is 9.97 Å².